The Labute approximate surface area is 101 Å². The molecule has 17 heavy (non-hydrogen) atoms. The maximum absolute atomic E-state index is 12.0. The number of aromatic nitrogens is 1. The van der Waals surface area contributed by atoms with Gasteiger partial charge in [0.05, 0.1) is 12.0 Å². The van der Waals surface area contributed by atoms with Crippen molar-refractivity contribution in [2.75, 3.05) is 6.54 Å². The fourth-order valence-corrected chi connectivity index (χ4v) is 2.45. The number of nitrogens with one attached hydrogen (secondary N) is 2. The third kappa shape index (κ3) is 2.09. The maximum Gasteiger partial charge on any atom is 0.256 e. The molecule has 0 bridgehead atoms. The van der Waals surface area contributed by atoms with Crippen molar-refractivity contribution >= 4 is 27.5 Å². The van der Waals surface area contributed by atoms with Gasteiger partial charge in [0.25, 0.3) is 5.91 Å². The van der Waals surface area contributed by atoms with Crippen molar-refractivity contribution in [1.29, 1.82) is 0 Å². The lowest BCUT2D eigenvalue weighted by atomic mass is 10.2. The summed E-state index contributed by atoms with van der Waals surface area (Å²) in [5.41, 5.74) is -0.206. The number of H-pyrrole nitrogens is 1. The standard InChI is InChI=1S/C11H12N2O3S/c1-2-12-10(16)8-4-13-11-7(9(8)15)3-6(5-14)17-11/h3-4,14H,2,5H2,1H3,(H,12,16)(H,13,15). The summed E-state index contributed by atoms with van der Waals surface area (Å²) in [6, 6.07) is 1.61. The molecule has 1 amide bonds. The number of aromatic amines is 1. The lowest BCUT2D eigenvalue weighted by Gasteiger charge is -2.00. The Balaban J connectivity index is 2.57. The molecule has 0 atom stereocenters. The molecule has 0 saturated heterocycles. The molecule has 0 aromatic carbocycles. The van der Waals surface area contributed by atoms with Gasteiger partial charge in [0.15, 0.2) is 0 Å². The molecule has 2 heterocycles. The summed E-state index contributed by atoms with van der Waals surface area (Å²) >= 11 is 1.31. The molecular formula is C11H12N2O3S. The molecule has 0 aliphatic rings. The van der Waals surface area contributed by atoms with Crippen LogP contribution >= 0.6 is 11.3 Å². The van der Waals surface area contributed by atoms with E-state index in [1.165, 1.54) is 17.5 Å². The van der Waals surface area contributed by atoms with Crippen molar-refractivity contribution in [2.24, 2.45) is 0 Å². The number of carbonyl (C=O) groups excluding carboxylic acids is 1. The van der Waals surface area contributed by atoms with Crippen molar-refractivity contribution in [2.45, 2.75) is 13.5 Å². The number of hydrogen-bond acceptors (Lipinski definition) is 4. The van der Waals surface area contributed by atoms with Crippen molar-refractivity contribution in [3.8, 4) is 0 Å². The highest BCUT2D eigenvalue weighted by molar-refractivity contribution is 7.18. The molecule has 3 N–H and O–H groups in total. The van der Waals surface area contributed by atoms with Crippen LogP contribution in [0.1, 0.15) is 22.2 Å². The number of rotatable bonds is 3. The third-order valence-electron chi connectivity index (χ3n) is 2.36. The smallest absolute Gasteiger partial charge is 0.256 e. The highest BCUT2D eigenvalue weighted by atomic mass is 32.1. The molecule has 5 nitrogen and oxygen atoms in total. The first kappa shape index (κ1) is 11.8. The number of aliphatic hydroxyl groups is 1. The van der Waals surface area contributed by atoms with Gasteiger partial charge in [-0.2, -0.15) is 0 Å². The summed E-state index contributed by atoms with van der Waals surface area (Å²) in [6.07, 6.45) is 1.41. The van der Waals surface area contributed by atoms with Crippen molar-refractivity contribution < 1.29 is 9.90 Å². The Hall–Kier alpha value is -1.66. The van der Waals surface area contributed by atoms with Crippen LogP contribution < -0.4 is 10.7 Å². The van der Waals surface area contributed by atoms with E-state index < -0.39 is 0 Å². The fraction of sp³-hybridized carbons (Fsp3) is 0.273. The zero-order valence-corrected chi connectivity index (χ0v) is 10.1. The SMILES string of the molecule is CCNC(=O)c1c[nH]c2sc(CO)cc2c1=O. The third-order valence-corrected chi connectivity index (χ3v) is 3.41. The molecule has 2 rings (SSSR count). The van der Waals surface area contributed by atoms with Crippen LogP contribution in [0.4, 0.5) is 0 Å². The van der Waals surface area contributed by atoms with Gasteiger partial charge in [-0.1, -0.05) is 0 Å². The van der Waals surface area contributed by atoms with E-state index in [0.29, 0.717) is 21.6 Å². The second-order valence-corrected chi connectivity index (χ2v) is 4.64. The van der Waals surface area contributed by atoms with Gasteiger partial charge >= 0.3 is 0 Å². The van der Waals surface area contributed by atoms with E-state index in [2.05, 4.69) is 10.3 Å². The quantitative estimate of drug-likeness (QED) is 0.756. The van der Waals surface area contributed by atoms with Gasteiger partial charge in [0.1, 0.15) is 10.4 Å². The normalized spacial score (nSPS) is 10.7. The van der Waals surface area contributed by atoms with Gasteiger partial charge in [-0.25, -0.2) is 0 Å². The van der Waals surface area contributed by atoms with Gasteiger partial charge in [-0.15, -0.1) is 11.3 Å². The van der Waals surface area contributed by atoms with E-state index >= 15 is 0 Å². The Kier molecular flexibility index (Phi) is 3.26. The number of aliphatic hydroxyl groups excluding tert-OH is 1. The fourth-order valence-electron chi connectivity index (χ4n) is 1.57. The average molecular weight is 252 g/mol. The van der Waals surface area contributed by atoms with Crippen LogP contribution in [0.3, 0.4) is 0 Å². The summed E-state index contributed by atoms with van der Waals surface area (Å²) in [6.45, 7) is 2.16. The van der Waals surface area contributed by atoms with Gasteiger partial charge in [-0.3, -0.25) is 9.59 Å². The topological polar surface area (TPSA) is 82.2 Å². The summed E-state index contributed by atoms with van der Waals surface area (Å²) in [4.78, 5) is 27.9. The number of hydrogen-bond donors (Lipinski definition) is 3. The summed E-state index contributed by atoms with van der Waals surface area (Å²) < 4.78 is 0. The van der Waals surface area contributed by atoms with Crippen LogP contribution in [0.2, 0.25) is 0 Å². The first-order chi connectivity index (χ1) is 8.17. The number of amides is 1. The van der Waals surface area contributed by atoms with Crippen LogP contribution in [0, 0.1) is 0 Å². The molecular weight excluding hydrogens is 240 g/mol. The molecule has 90 valence electrons. The molecule has 2 aromatic rings. The average Bonchev–Trinajstić information content (AvgIpc) is 2.73. The molecule has 0 fully saturated rings. The minimum Gasteiger partial charge on any atom is -0.391 e. The molecule has 0 unspecified atom stereocenters. The predicted molar refractivity (Wildman–Crippen MR) is 66.4 cm³/mol. The van der Waals surface area contributed by atoms with Crippen LogP contribution in [-0.4, -0.2) is 22.5 Å². The molecule has 0 radical (unpaired) electrons. The van der Waals surface area contributed by atoms with E-state index in [1.54, 1.807) is 13.0 Å². The van der Waals surface area contributed by atoms with Gasteiger partial charge in [-0.05, 0) is 13.0 Å². The zero-order valence-electron chi connectivity index (χ0n) is 9.24. The van der Waals surface area contributed by atoms with Gasteiger partial charge in [0.2, 0.25) is 5.43 Å². The van der Waals surface area contributed by atoms with Crippen molar-refractivity contribution in [3.63, 3.8) is 0 Å². The number of carbonyl (C=O) groups is 1. The van der Waals surface area contributed by atoms with E-state index in [1.807, 2.05) is 0 Å². The highest BCUT2D eigenvalue weighted by Gasteiger charge is 2.13. The van der Waals surface area contributed by atoms with Crippen molar-refractivity contribution in [3.05, 3.63) is 32.9 Å². The predicted octanol–water partition coefficient (Wildman–Crippen LogP) is 0.832. The maximum atomic E-state index is 12.0. The molecule has 0 aliphatic heterocycles. The van der Waals surface area contributed by atoms with Crippen LogP contribution in [0.25, 0.3) is 10.2 Å². The van der Waals surface area contributed by atoms with Crippen LogP contribution in [0.5, 0.6) is 0 Å². The first-order valence-electron chi connectivity index (χ1n) is 5.20. The molecule has 0 saturated carbocycles. The first-order valence-corrected chi connectivity index (χ1v) is 6.02. The minimum atomic E-state index is -0.382. The van der Waals surface area contributed by atoms with Gasteiger partial charge < -0.3 is 15.4 Å². The van der Waals surface area contributed by atoms with Crippen molar-refractivity contribution in [1.82, 2.24) is 10.3 Å². The van der Waals surface area contributed by atoms with Gasteiger partial charge in [0, 0.05) is 17.6 Å². The highest BCUT2D eigenvalue weighted by Crippen LogP contribution is 2.21. The zero-order chi connectivity index (χ0) is 12.4. The van der Waals surface area contributed by atoms with E-state index in [9.17, 15) is 9.59 Å². The number of pyridine rings is 1. The molecule has 0 aliphatic carbocycles. The second-order valence-electron chi connectivity index (χ2n) is 3.50. The monoisotopic (exact) mass is 252 g/mol. The minimum absolute atomic E-state index is 0.0987. The Morgan fingerprint density at radius 2 is 2.35 bits per heavy atom. The van der Waals surface area contributed by atoms with E-state index in [-0.39, 0.29) is 23.5 Å². The lowest BCUT2D eigenvalue weighted by Crippen LogP contribution is -2.28. The van der Waals surface area contributed by atoms with E-state index in [0.717, 1.165) is 0 Å². The van der Waals surface area contributed by atoms with Crippen LogP contribution in [-0.2, 0) is 6.61 Å². The van der Waals surface area contributed by atoms with E-state index in [4.69, 9.17) is 5.11 Å². The Bertz CT molecular complexity index is 615. The summed E-state index contributed by atoms with van der Waals surface area (Å²) in [5.74, 6) is -0.382. The molecule has 2 aromatic heterocycles. The summed E-state index contributed by atoms with van der Waals surface area (Å²) in [5, 5.41) is 12.0. The van der Waals surface area contributed by atoms with Crippen LogP contribution in [0.15, 0.2) is 17.1 Å². The Morgan fingerprint density at radius 1 is 1.59 bits per heavy atom. The molecule has 6 heteroatoms. The Morgan fingerprint density at radius 3 is 3.00 bits per heavy atom. The lowest BCUT2D eigenvalue weighted by molar-refractivity contribution is 0.0954. The largest absolute Gasteiger partial charge is 0.391 e. The molecule has 0 spiro atoms. The number of fused-ring (bicyclic) bond motifs is 1. The number of thiophene rings is 1. The second kappa shape index (κ2) is 4.68. The summed E-state index contributed by atoms with van der Waals surface area (Å²) in [7, 11) is 0.